The molecule has 1 aliphatic rings. The molecule has 19 heavy (non-hydrogen) atoms. The van der Waals surface area contributed by atoms with E-state index < -0.39 is 0 Å². The number of hydrogen-bond acceptors (Lipinski definition) is 2. The van der Waals surface area contributed by atoms with Gasteiger partial charge in [0.2, 0.25) is 0 Å². The summed E-state index contributed by atoms with van der Waals surface area (Å²) in [4.78, 5) is 5.54. The second-order valence-electron chi connectivity index (χ2n) is 4.55. The average molecular weight is 266 g/mol. The number of nitrogens with one attached hydrogen (secondary N) is 1. The highest BCUT2D eigenvalue weighted by Gasteiger charge is 2.19. The van der Waals surface area contributed by atoms with E-state index in [0.29, 0.717) is 0 Å². The molecule has 94 valence electrons. The summed E-state index contributed by atoms with van der Waals surface area (Å²) in [7, 11) is 0. The van der Waals surface area contributed by atoms with Gasteiger partial charge in [-0.05, 0) is 13.0 Å². The van der Waals surface area contributed by atoms with Crippen molar-refractivity contribution in [1.82, 2.24) is 0 Å². The molecule has 1 aliphatic heterocycles. The zero-order chi connectivity index (χ0) is 13.2. The van der Waals surface area contributed by atoms with Gasteiger partial charge < -0.3 is 5.32 Å². The predicted octanol–water partition coefficient (Wildman–Crippen LogP) is 3.67. The molecule has 1 N–H and O–H groups in total. The largest absolute Gasteiger partial charge is 0.348 e. The fraction of sp³-hybridized carbons (Fsp3) is 0.125. The Bertz CT molecular complexity index is 647. The lowest BCUT2D eigenvalue weighted by Crippen LogP contribution is -2.20. The number of rotatable bonds is 1. The highest BCUT2D eigenvalue weighted by Crippen LogP contribution is 2.24. The standard InChI is InChI=1S/C16H14N2S/c1-11-16(19)18-14-10-6-5-9-13(14)15(17-11)12-7-3-2-4-8-12/h2-11H,1H3,(H,18,19)/t11-/m0/s1. The van der Waals surface area contributed by atoms with E-state index in [-0.39, 0.29) is 6.04 Å². The number of anilines is 1. The van der Waals surface area contributed by atoms with Crippen LogP contribution in [0.2, 0.25) is 0 Å². The van der Waals surface area contributed by atoms with Crippen LogP contribution >= 0.6 is 12.2 Å². The molecule has 1 atom stereocenters. The van der Waals surface area contributed by atoms with Gasteiger partial charge >= 0.3 is 0 Å². The molecule has 0 saturated heterocycles. The molecule has 0 radical (unpaired) electrons. The summed E-state index contributed by atoms with van der Waals surface area (Å²) in [6, 6.07) is 18.4. The van der Waals surface area contributed by atoms with Crippen LogP contribution < -0.4 is 5.32 Å². The smallest absolute Gasteiger partial charge is 0.104 e. The molecule has 0 spiro atoms. The van der Waals surface area contributed by atoms with E-state index in [9.17, 15) is 0 Å². The molecule has 0 unspecified atom stereocenters. The van der Waals surface area contributed by atoms with E-state index in [4.69, 9.17) is 17.2 Å². The van der Waals surface area contributed by atoms with Crippen molar-refractivity contribution in [2.24, 2.45) is 4.99 Å². The summed E-state index contributed by atoms with van der Waals surface area (Å²) in [6.45, 7) is 2.02. The van der Waals surface area contributed by atoms with Gasteiger partial charge in [0.1, 0.15) is 4.99 Å². The summed E-state index contributed by atoms with van der Waals surface area (Å²) < 4.78 is 0. The number of benzene rings is 2. The Morgan fingerprint density at radius 3 is 2.47 bits per heavy atom. The molecule has 2 aromatic carbocycles. The van der Waals surface area contributed by atoms with E-state index in [1.165, 1.54) is 0 Å². The Morgan fingerprint density at radius 2 is 1.68 bits per heavy atom. The van der Waals surface area contributed by atoms with Crippen molar-refractivity contribution in [3.05, 3.63) is 65.7 Å². The maximum atomic E-state index is 5.38. The number of benzodiazepines with no additional fused rings is 1. The lowest BCUT2D eigenvalue weighted by Gasteiger charge is -2.09. The van der Waals surface area contributed by atoms with Crippen molar-refractivity contribution in [3.8, 4) is 0 Å². The van der Waals surface area contributed by atoms with Crippen LogP contribution in [0.5, 0.6) is 0 Å². The molecular weight excluding hydrogens is 252 g/mol. The first-order valence-electron chi connectivity index (χ1n) is 6.29. The normalized spacial score (nSPS) is 18.1. The fourth-order valence-electron chi connectivity index (χ4n) is 2.18. The highest BCUT2D eigenvalue weighted by atomic mass is 32.1. The minimum atomic E-state index is -0.0161. The van der Waals surface area contributed by atoms with Crippen LogP contribution in [0.15, 0.2) is 59.6 Å². The third-order valence-corrected chi connectivity index (χ3v) is 3.63. The second kappa shape index (κ2) is 4.94. The minimum Gasteiger partial charge on any atom is -0.348 e. The van der Waals surface area contributed by atoms with Gasteiger partial charge in [0.05, 0.1) is 11.8 Å². The van der Waals surface area contributed by atoms with Crippen LogP contribution in [-0.4, -0.2) is 16.7 Å². The third-order valence-electron chi connectivity index (χ3n) is 3.19. The van der Waals surface area contributed by atoms with Gasteiger partial charge in [-0.2, -0.15) is 0 Å². The van der Waals surface area contributed by atoms with E-state index >= 15 is 0 Å². The average Bonchev–Trinajstić information content (AvgIpc) is 2.58. The molecule has 0 amide bonds. The van der Waals surface area contributed by atoms with Crippen LogP contribution in [-0.2, 0) is 0 Å². The van der Waals surface area contributed by atoms with Gasteiger partial charge in [0, 0.05) is 16.8 Å². The number of thiocarbonyl (C=S) groups is 1. The Balaban J connectivity index is 2.21. The SMILES string of the molecule is C[C@@H]1N=C(c2ccccc2)c2ccccc2NC1=S. The van der Waals surface area contributed by atoms with Gasteiger partial charge in [-0.3, -0.25) is 4.99 Å². The molecule has 3 heteroatoms. The van der Waals surface area contributed by atoms with Crippen LogP contribution in [0.3, 0.4) is 0 Å². The molecule has 0 fully saturated rings. The van der Waals surface area contributed by atoms with Gasteiger partial charge in [-0.15, -0.1) is 0 Å². The van der Waals surface area contributed by atoms with Crippen molar-refractivity contribution in [2.75, 3.05) is 5.32 Å². The van der Waals surface area contributed by atoms with Crippen LogP contribution in [0.1, 0.15) is 18.1 Å². The first-order chi connectivity index (χ1) is 9.25. The lowest BCUT2D eigenvalue weighted by molar-refractivity contribution is 0.991. The monoisotopic (exact) mass is 266 g/mol. The van der Waals surface area contributed by atoms with Crippen molar-refractivity contribution < 1.29 is 0 Å². The zero-order valence-electron chi connectivity index (χ0n) is 10.6. The third kappa shape index (κ3) is 2.29. The number of para-hydroxylation sites is 1. The van der Waals surface area contributed by atoms with E-state index in [1.807, 2.05) is 43.3 Å². The second-order valence-corrected chi connectivity index (χ2v) is 4.99. The molecule has 0 bridgehead atoms. The molecule has 0 aromatic heterocycles. The summed E-state index contributed by atoms with van der Waals surface area (Å²) in [6.07, 6.45) is 0. The van der Waals surface area contributed by atoms with Crippen molar-refractivity contribution in [2.45, 2.75) is 13.0 Å². The van der Waals surface area contributed by atoms with Crippen LogP contribution in [0, 0.1) is 0 Å². The summed E-state index contributed by atoms with van der Waals surface area (Å²) >= 11 is 5.38. The minimum absolute atomic E-state index is 0.0161. The first-order valence-corrected chi connectivity index (χ1v) is 6.70. The molecule has 2 nitrogen and oxygen atoms in total. The van der Waals surface area contributed by atoms with Gasteiger partial charge in [0.15, 0.2) is 0 Å². The molecule has 0 aliphatic carbocycles. The molecule has 2 aromatic rings. The molecule has 3 rings (SSSR count). The predicted molar refractivity (Wildman–Crippen MR) is 84.2 cm³/mol. The summed E-state index contributed by atoms with van der Waals surface area (Å²) in [5.74, 6) is 0. The van der Waals surface area contributed by atoms with E-state index in [0.717, 1.165) is 27.5 Å². The zero-order valence-corrected chi connectivity index (χ0v) is 11.4. The molecular formula is C16H14N2S. The Labute approximate surface area is 118 Å². The molecule has 1 heterocycles. The van der Waals surface area contributed by atoms with Gasteiger partial charge in [0.25, 0.3) is 0 Å². The lowest BCUT2D eigenvalue weighted by atomic mass is 10.0. The van der Waals surface area contributed by atoms with E-state index in [2.05, 4.69) is 23.5 Å². The van der Waals surface area contributed by atoms with Gasteiger partial charge in [-0.1, -0.05) is 60.7 Å². The summed E-state index contributed by atoms with van der Waals surface area (Å²) in [5.41, 5.74) is 4.24. The quantitative estimate of drug-likeness (QED) is 0.796. The maximum absolute atomic E-state index is 5.38. The number of aliphatic imine (C=N–C) groups is 1. The molecule has 0 saturated carbocycles. The first kappa shape index (κ1) is 12.1. The number of nitrogens with zero attached hydrogens (tertiary/aromatic N) is 1. The van der Waals surface area contributed by atoms with Crippen LogP contribution in [0.25, 0.3) is 0 Å². The van der Waals surface area contributed by atoms with E-state index in [1.54, 1.807) is 0 Å². The topological polar surface area (TPSA) is 24.4 Å². The van der Waals surface area contributed by atoms with Gasteiger partial charge in [-0.25, -0.2) is 0 Å². The number of hydrogen-bond donors (Lipinski definition) is 1. The van der Waals surface area contributed by atoms with Crippen molar-refractivity contribution in [3.63, 3.8) is 0 Å². The number of fused-ring (bicyclic) bond motifs is 1. The Hall–Kier alpha value is -2.00. The highest BCUT2D eigenvalue weighted by molar-refractivity contribution is 7.80. The van der Waals surface area contributed by atoms with Crippen molar-refractivity contribution >= 4 is 28.6 Å². The summed E-state index contributed by atoms with van der Waals surface area (Å²) in [5, 5.41) is 3.29. The Kier molecular flexibility index (Phi) is 3.13. The maximum Gasteiger partial charge on any atom is 0.104 e. The van der Waals surface area contributed by atoms with Crippen molar-refractivity contribution in [1.29, 1.82) is 0 Å². The van der Waals surface area contributed by atoms with Crippen LogP contribution in [0.4, 0.5) is 5.69 Å². The Morgan fingerprint density at radius 1 is 1.00 bits per heavy atom. The fourth-order valence-corrected chi connectivity index (χ4v) is 2.35.